The Balaban J connectivity index is 2.40. The van der Waals surface area contributed by atoms with Gasteiger partial charge in [-0.3, -0.25) is 0 Å². The first-order valence-electron chi connectivity index (χ1n) is 7.47. The van der Waals surface area contributed by atoms with Crippen LogP contribution in [0.1, 0.15) is 64.6 Å². The highest BCUT2D eigenvalue weighted by molar-refractivity contribution is 5.48. The first kappa shape index (κ1) is 14.4. The predicted molar refractivity (Wildman–Crippen MR) is 80.9 cm³/mol. The summed E-state index contributed by atoms with van der Waals surface area (Å²) in [6.07, 6.45) is 2.51. The Kier molecular flexibility index (Phi) is 4.19. The molecule has 2 heteroatoms. The van der Waals surface area contributed by atoms with Gasteiger partial charge in [0.15, 0.2) is 0 Å². The second kappa shape index (κ2) is 5.54. The fourth-order valence-corrected chi connectivity index (χ4v) is 2.77. The number of para-hydroxylation sites is 1. The van der Waals surface area contributed by atoms with Gasteiger partial charge in [-0.2, -0.15) is 0 Å². The lowest BCUT2D eigenvalue weighted by Crippen LogP contribution is -2.33. The maximum atomic E-state index is 6.16. The van der Waals surface area contributed by atoms with E-state index in [1.807, 2.05) is 0 Å². The van der Waals surface area contributed by atoms with E-state index in [2.05, 4.69) is 58.1 Å². The van der Waals surface area contributed by atoms with E-state index in [9.17, 15) is 0 Å². The summed E-state index contributed by atoms with van der Waals surface area (Å²) in [5.41, 5.74) is 2.77. The predicted octanol–water partition coefficient (Wildman–Crippen LogP) is 4.20. The molecule has 1 aromatic carbocycles. The first-order valence-corrected chi connectivity index (χ1v) is 7.47. The van der Waals surface area contributed by atoms with Crippen LogP contribution >= 0.6 is 0 Å². The van der Waals surface area contributed by atoms with Gasteiger partial charge >= 0.3 is 0 Å². The minimum Gasteiger partial charge on any atom is -0.490 e. The molecule has 0 spiro atoms. The highest BCUT2D eigenvalue weighted by Crippen LogP contribution is 2.41. The quantitative estimate of drug-likeness (QED) is 0.880. The molecule has 0 saturated heterocycles. The summed E-state index contributed by atoms with van der Waals surface area (Å²) in [4.78, 5) is 0. The Morgan fingerprint density at radius 1 is 1.32 bits per heavy atom. The molecule has 0 bridgehead atoms. The summed E-state index contributed by atoms with van der Waals surface area (Å²) in [5, 5.41) is 3.66. The van der Waals surface area contributed by atoms with Gasteiger partial charge in [-0.1, -0.05) is 45.9 Å². The molecule has 1 heterocycles. The molecule has 19 heavy (non-hydrogen) atoms. The van der Waals surface area contributed by atoms with Crippen LogP contribution in [0.4, 0.5) is 0 Å². The van der Waals surface area contributed by atoms with Crippen molar-refractivity contribution in [1.29, 1.82) is 0 Å². The molecule has 1 aromatic rings. The van der Waals surface area contributed by atoms with E-state index in [0.717, 1.165) is 18.7 Å². The molecular formula is C17H27NO. The average molecular weight is 261 g/mol. The molecule has 0 amide bonds. The number of hydrogen-bond acceptors (Lipinski definition) is 2. The van der Waals surface area contributed by atoms with E-state index in [0.29, 0.717) is 6.04 Å². The Morgan fingerprint density at radius 2 is 2.05 bits per heavy atom. The van der Waals surface area contributed by atoms with Gasteiger partial charge in [-0.25, -0.2) is 0 Å². The molecule has 2 unspecified atom stereocenters. The average Bonchev–Trinajstić information content (AvgIpc) is 2.33. The van der Waals surface area contributed by atoms with Crippen molar-refractivity contribution in [1.82, 2.24) is 5.32 Å². The maximum absolute atomic E-state index is 6.16. The van der Waals surface area contributed by atoms with E-state index in [-0.39, 0.29) is 11.5 Å². The van der Waals surface area contributed by atoms with Crippen LogP contribution in [0.5, 0.6) is 5.75 Å². The third-order valence-electron chi connectivity index (χ3n) is 3.76. The third kappa shape index (κ3) is 3.11. The Labute approximate surface area is 117 Å². The Hall–Kier alpha value is -1.02. The molecular weight excluding hydrogens is 234 g/mol. The van der Waals surface area contributed by atoms with Crippen molar-refractivity contribution in [2.24, 2.45) is 0 Å². The van der Waals surface area contributed by atoms with Crippen LogP contribution in [0.15, 0.2) is 18.2 Å². The lowest BCUT2D eigenvalue weighted by atomic mass is 9.83. The smallest absolute Gasteiger partial charge is 0.128 e. The van der Waals surface area contributed by atoms with Crippen molar-refractivity contribution in [3.8, 4) is 5.75 Å². The van der Waals surface area contributed by atoms with E-state index in [1.165, 1.54) is 17.5 Å². The van der Waals surface area contributed by atoms with Crippen molar-refractivity contribution in [2.75, 3.05) is 6.54 Å². The Morgan fingerprint density at radius 3 is 2.68 bits per heavy atom. The summed E-state index contributed by atoms with van der Waals surface area (Å²) in [6, 6.07) is 7.01. The second-order valence-electron chi connectivity index (χ2n) is 6.64. The van der Waals surface area contributed by atoms with Gasteiger partial charge in [-0.05, 0) is 30.9 Å². The van der Waals surface area contributed by atoms with Crippen LogP contribution in [0.25, 0.3) is 0 Å². The van der Waals surface area contributed by atoms with Crippen molar-refractivity contribution in [2.45, 2.75) is 65.0 Å². The zero-order valence-electron chi connectivity index (χ0n) is 12.9. The number of fused-ring (bicyclic) bond motifs is 1. The molecule has 0 aliphatic carbocycles. The van der Waals surface area contributed by atoms with E-state index in [1.54, 1.807) is 0 Å². The standard InChI is InChI=1S/C17H27NO/c1-6-10-18-15-11-12(2)19-16-13(15)8-7-9-14(16)17(3,4)5/h7-9,12,15,18H,6,10-11H2,1-5H3. The monoisotopic (exact) mass is 261 g/mol. The lowest BCUT2D eigenvalue weighted by Gasteiger charge is -2.35. The maximum Gasteiger partial charge on any atom is 0.128 e. The number of ether oxygens (including phenoxy) is 1. The first-order chi connectivity index (χ1) is 8.93. The Bertz CT molecular complexity index is 433. The molecule has 2 rings (SSSR count). The molecule has 1 aliphatic rings. The van der Waals surface area contributed by atoms with Crippen LogP contribution in [0, 0.1) is 0 Å². The summed E-state index contributed by atoms with van der Waals surface area (Å²) in [5.74, 6) is 1.11. The molecule has 0 saturated carbocycles. The second-order valence-corrected chi connectivity index (χ2v) is 6.64. The largest absolute Gasteiger partial charge is 0.490 e. The van der Waals surface area contributed by atoms with Crippen LogP contribution < -0.4 is 10.1 Å². The SMILES string of the molecule is CCCNC1CC(C)Oc2c1cccc2C(C)(C)C. The minimum absolute atomic E-state index is 0.123. The topological polar surface area (TPSA) is 21.3 Å². The summed E-state index contributed by atoms with van der Waals surface area (Å²) < 4.78 is 6.16. The molecule has 0 aromatic heterocycles. The zero-order valence-corrected chi connectivity index (χ0v) is 12.9. The molecule has 2 atom stereocenters. The van der Waals surface area contributed by atoms with E-state index < -0.39 is 0 Å². The fraction of sp³-hybridized carbons (Fsp3) is 0.647. The van der Waals surface area contributed by atoms with Crippen molar-refractivity contribution < 1.29 is 4.74 Å². The zero-order chi connectivity index (χ0) is 14.0. The number of hydrogen-bond donors (Lipinski definition) is 1. The molecule has 0 radical (unpaired) electrons. The number of rotatable bonds is 3. The van der Waals surface area contributed by atoms with Crippen LogP contribution in [-0.2, 0) is 5.41 Å². The summed E-state index contributed by atoms with van der Waals surface area (Å²) >= 11 is 0. The van der Waals surface area contributed by atoms with Gasteiger partial charge in [0, 0.05) is 18.0 Å². The van der Waals surface area contributed by atoms with Gasteiger partial charge < -0.3 is 10.1 Å². The van der Waals surface area contributed by atoms with E-state index in [4.69, 9.17) is 4.74 Å². The van der Waals surface area contributed by atoms with E-state index >= 15 is 0 Å². The van der Waals surface area contributed by atoms with Gasteiger partial charge in [0.2, 0.25) is 0 Å². The van der Waals surface area contributed by atoms with Gasteiger partial charge in [0.05, 0.1) is 6.10 Å². The highest BCUT2D eigenvalue weighted by atomic mass is 16.5. The third-order valence-corrected chi connectivity index (χ3v) is 3.76. The number of benzene rings is 1. The van der Waals surface area contributed by atoms with Crippen molar-refractivity contribution >= 4 is 0 Å². The molecule has 106 valence electrons. The van der Waals surface area contributed by atoms with Crippen molar-refractivity contribution in [3.63, 3.8) is 0 Å². The van der Waals surface area contributed by atoms with Crippen LogP contribution in [0.2, 0.25) is 0 Å². The molecule has 1 N–H and O–H groups in total. The number of nitrogens with one attached hydrogen (secondary N) is 1. The lowest BCUT2D eigenvalue weighted by molar-refractivity contribution is 0.162. The van der Waals surface area contributed by atoms with Crippen LogP contribution in [-0.4, -0.2) is 12.6 Å². The fourth-order valence-electron chi connectivity index (χ4n) is 2.77. The van der Waals surface area contributed by atoms with Gasteiger partial charge in [0.25, 0.3) is 0 Å². The van der Waals surface area contributed by atoms with Gasteiger partial charge in [-0.15, -0.1) is 0 Å². The van der Waals surface area contributed by atoms with Crippen LogP contribution in [0.3, 0.4) is 0 Å². The minimum atomic E-state index is 0.123. The molecule has 0 fully saturated rings. The molecule has 1 aliphatic heterocycles. The normalized spacial score (nSPS) is 22.8. The van der Waals surface area contributed by atoms with Crippen molar-refractivity contribution in [3.05, 3.63) is 29.3 Å². The summed E-state index contributed by atoms with van der Waals surface area (Å²) in [6.45, 7) is 12.2. The molecule has 2 nitrogen and oxygen atoms in total. The summed E-state index contributed by atoms with van der Waals surface area (Å²) in [7, 11) is 0. The van der Waals surface area contributed by atoms with Gasteiger partial charge in [0.1, 0.15) is 5.75 Å². The highest BCUT2D eigenvalue weighted by Gasteiger charge is 2.30.